The molecule has 0 aliphatic rings. The minimum Gasteiger partial charge on any atom is -0.506 e. The van der Waals surface area contributed by atoms with Crippen LogP contribution < -0.4 is 11.5 Å². The third-order valence-electron chi connectivity index (χ3n) is 0.324. The highest BCUT2D eigenvalue weighted by Gasteiger charge is 1.86. The number of carbonyl (C=O) groups excluding carboxylic acids is 1. The molecule has 10 heavy (non-hydrogen) atoms. The van der Waals surface area contributed by atoms with Gasteiger partial charge in [0.2, 0.25) is 0 Å². The van der Waals surface area contributed by atoms with Gasteiger partial charge in [0.15, 0.2) is 5.76 Å². The Hall–Kier alpha value is -1.59. The van der Waals surface area contributed by atoms with Crippen molar-refractivity contribution in [1.82, 2.24) is 0 Å². The molecule has 0 saturated heterocycles. The van der Waals surface area contributed by atoms with E-state index in [1.165, 1.54) is 6.92 Å². The van der Waals surface area contributed by atoms with Crippen molar-refractivity contribution in [2.75, 3.05) is 0 Å². The summed E-state index contributed by atoms with van der Waals surface area (Å²) in [4.78, 5) is 9.00. The standard InChI is InChI=1S/C3H6O3.CH4N2O/c1-2(4)3(5)6;2-1(3)4/h4-6H,1H3;(H4,2,3,4). The number of aliphatic hydroxyl groups is 3. The van der Waals surface area contributed by atoms with Crippen molar-refractivity contribution >= 4 is 6.03 Å². The molecular formula is C4H10N2O4. The molecule has 0 heterocycles. The maximum atomic E-state index is 9.00. The number of rotatable bonds is 0. The third-order valence-corrected chi connectivity index (χ3v) is 0.324. The molecule has 0 fully saturated rings. The molecule has 2 amide bonds. The Bertz CT molecular complexity index is 120. The monoisotopic (exact) mass is 150 g/mol. The van der Waals surface area contributed by atoms with E-state index < -0.39 is 17.7 Å². The quantitative estimate of drug-likeness (QED) is 0.308. The van der Waals surface area contributed by atoms with Crippen LogP contribution in [-0.4, -0.2) is 21.4 Å². The normalized spacial score (nSPS) is 6.90. The van der Waals surface area contributed by atoms with Crippen LogP contribution >= 0.6 is 0 Å². The summed E-state index contributed by atoms with van der Waals surface area (Å²) in [7, 11) is 0. The number of aliphatic hydroxyl groups excluding tert-OH is 2. The summed E-state index contributed by atoms with van der Waals surface area (Å²) in [5.41, 5.74) is 8.50. The highest BCUT2D eigenvalue weighted by atomic mass is 16.5. The molecule has 6 nitrogen and oxygen atoms in total. The molecule has 6 heteroatoms. The Morgan fingerprint density at radius 2 is 1.30 bits per heavy atom. The van der Waals surface area contributed by atoms with Crippen LogP contribution in [0.2, 0.25) is 0 Å². The summed E-state index contributed by atoms with van der Waals surface area (Å²) in [5, 5.41) is 23.6. The van der Waals surface area contributed by atoms with Gasteiger partial charge in [-0.15, -0.1) is 0 Å². The zero-order chi connectivity index (χ0) is 8.73. The van der Waals surface area contributed by atoms with E-state index >= 15 is 0 Å². The van der Waals surface area contributed by atoms with Gasteiger partial charge in [0.05, 0.1) is 0 Å². The van der Waals surface area contributed by atoms with Crippen molar-refractivity contribution in [3.8, 4) is 0 Å². The molecule has 0 aromatic heterocycles. The molecule has 7 N–H and O–H groups in total. The summed E-state index contributed by atoms with van der Waals surface area (Å²) >= 11 is 0. The average Bonchev–Trinajstić information content (AvgIpc) is 1.63. The predicted molar refractivity (Wildman–Crippen MR) is 34.4 cm³/mol. The number of primary amides is 2. The van der Waals surface area contributed by atoms with Crippen molar-refractivity contribution in [2.24, 2.45) is 11.5 Å². The first-order chi connectivity index (χ1) is 4.37. The third kappa shape index (κ3) is 32.3. The van der Waals surface area contributed by atoms with E-state index in [0.717, 1.165) is 0 Å². The van der Waals surface area contributed by atoms with Crippen LogP contribution in [0, 0.1) is 0 Å². The maximum absolute atomic E-state index is 9.00. The first kappa shape index (κ1) is 11.2. The molecular weight excluding hydrogens is 140 g/mol. The predicted octanol–water partition coefficient (Wildman–Crippen LogP) is -0.127. The summed E-state index contributed by atoms with van der Waals surface area (Å²) in [6.07, 6.45) is 0. The Morgan fingerprint density at radius 1 is 1.20 bits per heavy atom. The molecule has 0 aromatic carbocycles. The second-order valence-electron chi connectivity index (χ2n) is 1.31. The van der Waals surface area contributed by atoms with Crippen molar-refractivity contribution < 1.29 is 20.1 Å². The van der Waals surface area contributed by atoms with E-state index in [0.29, 0.717) is 0 Å². The lowest BCUT2D eigenvalue weighted by molar-refractivity contribution is 0.159. The fourth-order valence-electron chi connectivity index (χ4n) is 0. The van der Waals surface area contributed by atoms with E-state index in [2.05, 4.69) is 11.5 Å². The maximum Gasteiger partial charge on any atom is 0.313 e. The molecule has 0 aliphatic carbocycles. The molecule has 0 rings (SSSR count). The number of nitrogens with two attached hydrogens (primary N) is 2. The van der Waals surface area contributed by atoms with Gasteiger partial charge in [-0.25, -0.2) is 4.79 Å². The van der Waals surface area contributed by atoms with Crippen LogP contribution in [-0.2, 0) is 0 Å². The second kappa shape index (κ2) is 5.54. The SMILES string of the molecule is CC(O)=C(O)O.NC(N)=O. The average molecular weight is 150 g/mol. The molecule has 0 aromatic rings. The number of urea groups is 1. The summed E-state index contributed by atoms with van der Waals surface area (Å²) in [5.74, 6) is -1.48. The number of amides is 2. The number of allylic oxidation sites excluding steroid dienone is 1. The van der Waals surface area contributed by atoms with Crippen LogP contribution in [0.1, 0.15) is 6.92 Å². The molecule has 0 bridgehead atoms. The zero-order valence-corrected chi connectivity index (χ0v) is 5.40. The van der Waals surface area contributed by atoms with Gasteiger partial charge in [-0.1, -0.05) is 0 Å². The van der Waals surface area contributed by atoms with Gasteiger partial charge in [-0.05, 0) is 0 Å². The second-order valence-corrected chi connectivity index (χ2v) is 1.31. The highest BCUT2D eigenvalue weighted by molar-refractivity contribution is 5.69. The van der Waals surface area contributed by atoms with E-state index in [4.69, 9.17) is 20.1 Å². The van der Waals surface area contributed by atoms with Crippen molar-refractivity contribution in [1.29, 1.82) is 0 Å². The van der Waals surface area contributed by atoms with Gasteiger partial charge in [0, 0.05) is 6.92 Å². The molecule has 0 aliphatic heterocycles. The summed E-state index contributed by atoms with van der Waals surface area (Å²) < 4.78 is 0. The smallest absolute Gasteiger partial charge is 0.313 e. The summed E-state index contributed by atoms with van der Waals surface area (Å²) in [6, 6.07) is -0.833. The highest BCUT2D eigenvalue weighted by Crippen LogP contribution is 1.86. The lowest BCUT2D eigenvalue weighted by Gasteiger charge is -1.84. The Kier molecular flexibility index (Phi) is 6.23. The minimum absolute atomic E-state index is 0.463. The molecule has 0 radical (unpaired) electrons. The van der Waals surface area contributed by atoms with Crippen molar-refractivity contribution in [3.63, 3.8) is 0 Å². The van der Waals surface area contributed by atoms with Crippen LogP contribution in [0.4, 0.5) is 4.79 Å². The van der Waals surface area contributed by atoms with Gasteiger partial charge < -0.3 is 26.8 Å². The van der Waals surface area contributed by atoms with Gasteiger partial charge in [-0.3, -0.25) is 0 Å². The number of carbonyl (C=O) groups is 1. The van der Waals surface area contributed by atoms with E-state index in [9.17, 15) is 0 Å². The largest absolute Gasteiger partial charge is 0.506 e. The van der Waals surface area contributed by atoms with Crippen LogP contribution in [0.25, 0.3) is 0 Å². The van der Waals surface area contributed by atoms with Crippen LogP contribution in [0.5, 0.6) is 0 Å². The van der Waals surface area contributed by atoms with Gasteiger partial charge in [0.1, 0.15) is 0 Å². The topological polar surface area (TPSA) is 130 Å². The zero-order valence-electron chi connectivity index (χ0n) is 5.40. The minimum atomic E-state index is -1.02. The molecule has 60 valence electrons. The number of hydrogen-bond donors (Lipinski definition) is 5. The lowest BCUT2D eigenvalue weighted by Crippen LogP contribution is -2.18. The van der Waals surface area contributed by atoms with Crippen LogP contribution in [0.15, 0.2) is 11.7 Å². The van der Waals surface area contributed by atoms with Gasteiger partial charge in [0.25, 0.3) is 0 Å². The fourth-order valence-corrected chi connectivity index (χ4v) is 0. The molecule has 0 unspecified atom stereocenters. The van der Waals surface area contributed by atoms with Gasteiger partial charge in [-0.2, -0.15) is 0 Å². The van der Waals surface area contributed by atoms with Crippen molar-refractivity contribution in [3.05, 3.63) is 11.7 Å². The Balaban J connectivity index is 0. The van der Waals surface area contributed by atoms with E-state index in [1.54, 1.807) is 0 Å². The molecule has 0 saturated carbocycles. The Morgan fingerprint density at radius 3 is 1.30 bits per heavy atom. The fraction of sp³-hybridized carbons (Fsp3) is 0.250. The molecule has 0 atom stereocenters. The number of hydrogen-bond acceptors (Lipinski definition) is 4. The first-order valence-corrected chi connectivity index (χ1v) is 2.20. The van der Waals surface area contributed by atoms with E-state index in [-0.39, 0.29) is 0 Å². The first-order valence-electron chi connectivity index (χ1n) is 2.20. The summed E-state index contributed by atoms with van der Waals surface area (Å²) in [6.45, 7) is 1.18. The van der Waals surface area contributed by atoms with Gasteiger partial charge >= 0.3 is 12.0 Å². The van der Waals surface area contributed by atoms with Crippen LogP contribution in [0.3, 0.4) is 0 Å². The Labute approximate surface area is 57.4 Å². The van der Waals surface area contributed by atoms with Crippen molar-refractivity contribution in [2.45, 2.75) is 6.92 Å². The van der Waals surface area contributed by atoms with E-state index in [1.807, 2.05) is 0 Å². The lowest BCUT2D eigenvalue weighted by atomic mass is 10.6. The molecule has 0 spiro atoms.